The van der Waals surface area contributed by atoms with Gasteiger partial charge in [0.15, 0.2) is 0 Å². The van der Waals surface area contributed by atoms with Crippen molar-refractivity contribution in [2.45, 2.75) is 58.5 Å². The molecule has 0 unspecified atom stereocenters. The van der Waals surface area contributed by atoms with Crippen LogP contribution in [0.1, 0.15) is 51.5 Å². The zero-order chi connectivity index (χ0) is 14.5. The van der Waals surface area contributed by atoms with Crippen LogP contribution in [0, 0.1) is 5.92 Å². The number of anilines is 1. The lowest BCUT2D eigenvalue weighted by Gasteiger charge is -2.29. The van der Waals surface area contributed by atoms with Crippen LogP contribution in [0.15, 0.2) is 22.7 Å². The summed E-state index contributed by atoms with van der Waals surface area (Å²) in [5.41, 5.74) is 8.06. The standard InChI is InChI=1S/C17H27BrN2/c1-13(2)9-10-20(15-5-3-4-6-15)12-14-7-8-17(19)16(18)11-14/h7-8,11,13,15H,3-6,9-10,12,19H2,1-2H3. The summed E-state index contributed by atoms with van der Waals surface area (Å²) in [7, 11) is 0. The molecule has 2 N–H and O–H groups in total. The maximum absolute atomic E-state index is 5.88. The highest BCUT2D eigenvalue weighted by Crippen LogP contribution is 2.27. The first-order valence-corrected chi connectivity index (χ1v) is 8.63. The summed E-state index contributed by atoms with van der Waals surface area (Å²) in [6.07, 6.45) is 6.82. The van der Waals surface area contributed by atoms with E-state index in [9.17, 15) is 0 Å². The quantitative estimate of drug-likeness (QED) is 0.753. The molecule has 0 amide bonds. The molecule has 0 aliphatic heterocycles. The molecule has 0 heterocycles. The summed E-state index contributed by atoms with van der Waals surface area (Å²) in [4.78, 5) is 2.69. The van der Waals surface area contributed by atoms with Crippen molar-refractivity contribution in [2.24, 2.45) is 5.92 Å². The molecule has 1 aliphatic rings. The molecule has 0 radical (unpaired) electrons. The van der Waals surface area contributed by atoms with Gasteiger partial charge in [0.1, 0.15) is 0 Å². The molecule has 20 heavy (non-hydrogen) atoms. The van der Waals surface area contributed by atoms with Crippen molar-refractivity contribution in [3.05, 3.63) is 28.2 Å². The Labute approximate surface area is 131 Å². The normalized spacial score (nSPS) is 16.4. The third kappa shape index (κ3) is 4.49. The summed E-state index contributed by atoms with van der Waals surface area (Å²) >= 11 is 3.54. The van der Waals surface area contributed by atoms with E-state index >= 15 is 0 Å². The van der Waals surface area contributed by atoms with Crippen molar-refractivity contribution >= 4 is 21.6 Å². The van der Waals surface area contributed by atoms with Crippen LogP contribution in [0.2, 0.25) is 0 Å². The number of hydrogen-bond donors (Lipinski definition) is 1. The number of halogens is 1. The average Bonchev–Trinajstić information content (AvgIpc) is 2.92. The van der Waals surface area contributed by atoms with Crippen LogP contribution in [0.4, 0.5) is 5.69 Å². The maximum atomic E-state index is 5.88. The first kappa shape index (κ1) is 15.8. The lowest BCUT2D eigenvalue weighted by Crippen LogP contribution is -2.34. The molecule has 1 aliphatic carbocycles. The molecule has 0 atom stereocenters. The fourth-order valence-electron chi connectivity index (χ4n) is 2.99. The largest absolute Gasteiger partial charge is 0.398 e. The molecule has 3 heteroatoms. The van der Waals surface area contributed by atoms with Gasteiger partial charge in [-0.15, -0.1) is 0 Å². The van der Waals surface area contributed by atoms with Gasteiger partial charge >= 0.3 is 0 Å². The molecule has 0 aromatic heterocycles. The van der Waals surface area contributed by atoms with Gasteiger partial charge < -0.3 is 5.73 Å². The Kier molecular flexibility index (Phi) is 5.91. The van der Waals surface area contributed by atoms with Gasteiger partial charge in [-0.3, -0.25) is 4.90 Å². The minimum Gasteiger partial charge on any atom is -0.398 e. The fraction of sp³-hybridized carbons (Fsp3) is 0.647. The third-order valence-corrected chi connectivity index (χ3v) is 4.97. The van der Waals surface area contributed by atoms with E-state index in [4.69, 9.17) is 5.73 Å². The topological polar surface area (TPSA) is 29.3 Å². The van der Waals surface area contributed by atoms with Crippen LogP contribution in [-0.4, -0.2) is 17.5 Å². The van der Waals surface area contributed by atoms with E-state index in [0.29, 0.717) is 0 Å². The monoisotopic (exact) mass is 338 g/mol. The molecule has 0 saturated heterocycles. The van der Waals surface area contributed by atoms with Gasteiger partial charge in [0, 0.05) is 22.7 Å². The fourth-order valence-corrected chi connectivity index (χ4v) is 3.41. The summed E-state index contributed by atoms with van der Waals surface area (Å²) in [6.45, 7) is 6.89. The smallest absolute Gasteiger partial charge is 0.0458 e. The van der Waals surface area contributed by atoms with E-state index in [0.717, 1.165) is 28.7 Å². The molecule has 0 spiro atoms. The molecular weight excluding hydrogens is 312 g/mol. The van der Waals surface area contributed by atoms with Crippen LogP contribution in [0.5, 0.6) is 0 Å². The maximum Gasteiger partial charge on any atom is 0.0458 e. The van der Waals surface area contributed by atoms with Crippen molar-refractivity contribution in [2.75, 3.05) is 12.3 Å². The zero-order valence-corrected chi connectivity index (χ0v) is 14.3. The highest BCUT2D eigenvalue weighted by Gasteiger charge is 2.22. The number of nitrogen functional groups attached to an aromatic ring is 1. The Morgan fingerprint density at radius 3 is 2.60 bits per heavy atom. The second-order valence-electron chi connectivity index (χ2n) is 6.45. The van der Waals surface area contributed by atoms with E-state index in [-0.39, 0.29) is 0 Å². The van der Waals surface area contributed by atoms with E-state index in [1.165, 1.54) is 44.2 Å². The number of nitrogens with two attached hydrogens (primary N) is 1. The average molecular weight is 339 g/mol. The first-order chi connectivity index (χ1) is 9.56. The van der Waals surface area contributed by atoms with Gasteiger partial charge in [-0.2, -0.15) is 0 Å². The molecule has 0 bridgehead atoms. The number of hydrogen-bond acceptors (Lipinski definition) is 2. The van der Waals surface area contributed by atoms with Crippen LogP contribution in [0.25, 0.3) is 0 Å². The second kappa shape index (κ2) is 7.46. The SMILES string of the molecule is CC(C)CCN(Cc1ccc(N)c(Br)c1)C1CCCC1. The highest BCUT2D eigenvalue weighted by molar-refractivity contribution is 9.10. The molecular formula is C17H27BrN2. The van der Waals surface area contributed by atoms with Gasteiger partial charge in [-0.25, -0.2) is 0 Å². The molecule has 2 rings (SSSR count). The van der Waals surface area contributed by atoms with Gasteiger partial charge in [0.05, 0.1) is 0 Å². The molecule has 1 aromatic carbocycles. The van der Waals surface area contributed by atoms with Crippen LogP contribution in [0.3, 0.4) is 0 Å². The highest BCUT2D eigenvalue weighted by atomic mass is 79.9. The van der Waals surface area contributed by atoms with Crippen molar-refractivity contribution < 1.29 is 0 Å². The van der Waals surface area contributed by atoms with Gasteiger partial charge in [-0.05, 0) is 65.4 Å². The first-order valence-electron chi connectivity index (χ1n) is 7.84. The van der Waals surface area contributed by atoms with Crippen molar-refractivity contribution in [1.82, 2.24) is 4.90 Å². The minimum atomic E-state index is 0.775. The summed E-state index contributed by atoms with van der Waals surface area (Å²) in [5.74, 6) is 0.775. The second-order valence-corrected chi connectivity index (χ2v) is 7.30. The molecule has 1 saturated carbocycles. The Balaban J connectivity index is 2.03. The van der Waals surface area contributed by atoms with Gasteiger partial charge in [0.25, 0.3) is 0 Å². The van der Waals surface area contributed by atoms with Gasteiger partial charge in [0.2, 0.25) is 0 Å². The summed E-state index contributed by atoms with van der Waals surface area (Å²) in [6, 6.07) is 7.13. The lowest BCUT2D eigenvalue weighted by atomic mass is 10.1. The van der Waals surface area contributed by atoms with Crippen molar-refractivity contribution in [1.29, 1.82) is 0 Å². The molecule has 2 nitrogen and oxygen atoms in total. The van der Waals surface area contributed by atoms with Crippen LogP contribution in [-0.2, 0) is 6.54 Å². The Hall–Kier alpha value is -0.540. The van der Waals surface area contributed by atoms with E-state index in [1.807, 2.05) is 6.07 Å². The molecule has 1 fully saturated rings. The Morgan fingerprint density at radius 1 is 1.30 bits per heavy atom. The van der Waals surface area contributed by atoms with E-state index < -0.39 is 0 Å². The predicted molar refractivity (Wildman–Crippen MR) is 90.7 cm³/mol. The Bertz CT molecular complexity index is 425. The van der Waals surface area contributed by atoms with Gasteiger partial charge in [-0.1, -0.05) is 32.8 Å². The number of rotatable bonds is 6. The van der Waals surface area contributed by atoms with E-state index in [2.05, 4.69) is 46.8 Å². The number of benzene rings is 1. The molecule has 1 aromatic rings. The molecule has 112 valence electrons. The Morgan fingerprint density at radius 2 is 2.00 bits per heavy atom. The summed E-state index contributed by atoms with van der Waals surface area (Å²) < 4.78 is 1.02. The predicted octanol–water partition coefficient (Wildman–Crippen LogP) is 4.82. The van der Waals surface area contributed by atoms with Crippen molar-refractivity contribution in [3.63, 3.8) is 0 Å². The van der Waals surface area contributed by atoms with Crippen LogP contribution >= 0.6 is 15.9 Å². The van der Waals surface area contributed by atoms with Crippen LogP contribution < -0.4 is 5.73 Å². The number of nitrogens with zero attached hydrogens (tertiary/aromatic N) is 1. The lowest BCUT2D eigenvalue weighted by molar-refractivity contribution is 0.179. The van der Waals surface area contributed by atoms with Crippen molar-refractivity contribution in [3.8, 4) is 0 Å². The zero-order valence-electron chi connectivity index (χ0n) is 12.7. The van der Waals surface area contributed by atoms with E-state index in [1.54, 1.807) is 0 Å². The summed E-state index contributed by atoms with van der Waals surface area (Å²) in [5, 5.41) is 0. The minimum absolute atomic E-state index is 0.775. The third-order valence-electron chi connectivity index (χ3n) is 4.29.